The Labute approximate surface area is 184 Å². The number of rotatable bonds is 8. The van der Waals surface area contributed by atoms with Gasteiger partial charge in [0.1, 0.15) is 0 Å². The van der Waals surface area contributed by atoms with Crippen molar-refractivity contribution in [1.29, 1.82) is 0 Å². The molecule has 0 atom stereocenters. The number of nitrogens with one attached hydrogen (secondary N) is 1. The smallest absolute Gasteiger partial charge is 0.252 e. The van der Waals surface area contributed by atoms with E-state index >= 15 is 0 Å². The Hall–Kier alpha value is -2.78. The number of ether oxygens (including phenoxy) is 1. The molecule has 0 aliphatic carbocycles. The molecular formula is C22H30N4O4S. The van der Waals surface area contributed by atoms with Crippen molar-refractivity contribution < 1.29 is 17.9 Å². The van der Waals surface area contributed by atoms with E-state index in [9.17, 15) is 13.2 Å². The van der Waals surface area contributed by atoms with E-state index in [4.69, 9.17) is 4.74 Å². The van der Waals surface area contributed by atoms with Crippen LogP contribution in [0, 0.1) is 0 Å². The largest absolute Gasteiger partial charge is 0.381 e. The van der Waals surface area contributed by atoms with Gasteiger partial charge in [-0.3, -0.25) is 4.79 Å². The van der Waals surface area contributed by atoms with Gasteiger partial charge < -0.3 is 15.0 Å². The van der Waals surface area contributed by atoms with Crippen LogP contribution >= 0.6 is 0 Å². The van der Waals surface area contributed by atoms with Crippen LogP contribution in [0.15, 0.2) is 59.2 Å². The Kier molecular flexibility index (Phi) is 9.14. The molecule has 1 N–H and O–H groups in total. The number of carbonyl (C=O) groups is 1. The van der Waals surface area contributed by atoms with Gasteiger partial charge in [-0.25, -0.2) is 18.4 Å². The molecule has 0 bridgehead atoms. The molecule has 0 saturated carbocycles. The normalized spacial score (nSPS) is 15.6. The van der Waals surface area contributed by atoms with Crippen molar-refractivity contribution in [1.82, 2.24) is 10.2 Å². The number of hydrogen-bond donors (Lipinski definition) is 1. The Bertz CT molecular complexity index is 944. The summed E-state index contributed by atoms with van der Waals surface area (Å²) in [6.45, 7) is 8.53. The van der Waals surface area contributed by atoms with E-state index in [0.717, 1.165) is 11.1 Å². The number of aliphatic imine (C=N–C) groups is 2. The average molecular weight is 447 g/mol. The first kappa shape index (κ1) is 24.5. The summed E-state index contributed by atoms with van der Waals surface area (Å²) >= 11 is 0. The lowest BCUT2D eigenvalue weighted by Gasteiger charge is -2.22. The minimum atomic E-state index is -3.21. The lowest BCUT2D eigenvalue weighted by atomic mass is 10.1. The molecule has 1 saturated heterocycles. The van der Waals surface area contributed by atoms with Crippen molar-refractivity contribution in [3.63, 3.8) is 0 Å². The maximum atomic E-state index is 12.6. The van der Waals surface area contributed by atoms with Crippen LogP contribution in [0.5, 0.6) is 0 Å². The first-order valence-electron chi connectivity index (χ1n) is 9.97. The molecule has 1 aromatic carbocycles. The monoisotopic (exact) mass is 446 g/mol. The molecule has 168 valence electrons. The van der Waals surface area contributed by atoms with Crippen LogP contribution in [0.1, 0.15) is 24.0 Å². The zero-order valence-electron chi connectivity index (χ0n) is 18.1. The third-order valence-corrected chi connectivity index (χ3v) is 6.98. The average Bonchev–Trinajstić information content (AvgIpc) is 2.75. The third kappa shape index (κ3) is 7.76. The number of guanidine groups is 1. The van der Waals surface area contributed by atoms with Crippen LogP contribution in [0.2, 0.25) is 0 Å². The van der Waals surface area contributed by atoms with Gasteiger partial charge in [-0.1, -0.05) is 37.4 Å². The van der Waals surface area contributed by atoms with Crippen LogP contribution in [-0.4, -0.2) is 64.0 Å². The van der Waals surface area contributed by atoms with E-state index in [-0.39, 0.29) is 22.5 Å². The quantitative estimate of drug-likeness (QED) is 0.374. The highest BCUT2D eigenvalue weighted by atomic mass is 32.2. The number of carbonyl (C=O) groups excluding carboxylic acids is 1. The highest BCUT2D eigenvalue weighted by molar-refractivity contribution is 7.91. The van der Waals surface area contributed by atoms with E-state index in [2.05, 4.69) is 28.5 Å². The number of amides is 1. The molecule has 1 aromatic rings. The minimum absolute atomic E-state index is 0.0120. The molecule has 1 amide bonds. The molecule has 1 aliphatic heterocycles. The van der Waals surface area contributed by atoms with Gasteiger partial charge >= 0.3 is 0 Å². The Morgan fingerprint density at radius 3 is 2.42 bits per heavy atom. The van der Waals surface area contributed by atoms with Crippen LogP contribution in [-0.2, 0) is 31.7 Å². The SMILES string of the molecule is C=CN=C(/N=C\C(=C)C(=O)NCc1ccc(CS(=O)(=O)C2CCOCC2)cc1)N(C)C. The summed E-state index contributed by atoms with van der Waals surface area (Å²) in [7, 11) is 0.352. The van der Waals surface area contributed by atoms with Gasteiger partial charge in [-0.05, 0) is 24.0 Å². The van der Waals surface area contributed by atoms with Gasteiger partial charge in [-0.15, -0.1) is 0 Å². The molecule has 9 heteroatoms. The second kappa shape index (κ2) is 11.6. The molecule has 8 nitrogen and oxygen atoms in total. The van der Waals surface area contributed by atoms with Gasteiger partial charge in [0, 0.05) is 46.3 Å². The van der Waals surface area contributed by atoms with E-state index in [0.29, 0.717) is 38.6 Å². The summed E-state index contributed by atoms with van der Waals surface area (Å²) < 4.78 is 30.4. The maximum Gasteiger partial charge on any atom is 0.252 e. The van der Waals surface area contributed by atoms with Crippen LogP contribution in [0.25, 0.3) is 0 Å². The van der Waals surface area contributed by atoms with Crippen LogP contribution in [0.4, 0.5) is 0 Å². The van der Waals surface area contributed by atoms with Crippen molar-refractivity contribution in [2.45, 2.75) is 30.4 Å². The molecule has 2 rings (SSSR count). The highest BCUT2D eigenvalue weighted by Crippen LogP contribution is 2.20. The fourth-order valence-electron chi connectivity index (χ4n) is 2.97. The van der Waals surface area contributed by atoms with Gasteiger partial charge in [0.05, 0.1) is 16.6 Å². The summed E-state index contributed by atoms with van der Waals surface area (Å²) in [4.78, 5) is 22.0. The summed E-state index contributed by atoms with van der Waals surface area (Å²) in [6, 6.07) is 7.19. The second-order valence-electron chi connectivity index (χ2n) is 7.41. The van der Waals surface area contributed by atoms with E-state index in [1.165, 1.54) is 12.4 Å². The molecular weight excluding hydrogens is 416 g/mol. The highest BCUT2D eigenvalue weighted by Gasteiger charge is 2.27. The Morgan fingerprint density at radius 1 is 1.23 bits per heavy atom. The van der Waals surface area contributed by atoms with Crippen LogP contribution < -0.4 is 5.32 Å². The zero-order chi connectivity index (χ0) is 22.9. The number of sulfone groups is 1. The van der Waals surface area contributed by atoms with E-state index < -0.39 is 9.84 Å². The maximum absolute atomic E-state index is 12.6. The summed E-state index contributed by atoms with van der Waals surface area (Å²) in [5.41, 5.74) is 1.78. The fourth-order valence-corrected chi connectivity index (χ4v) is 4.78. The number of nitrogens with zero attached hydrogens (tertiary/aromatic N) is 3. The van der Waals surface area contributed by atoms with Crippen molar-refractivity contribution in [2.24, 2.45) is 9.98 Å². The molecule has 0 spiro atoms. The van der Waals surface area contributed by atoms with Gasteiger partial charge in [0.25, 0.3) is 5.91 Å². The van der Waals surface area contributed by atoms with E-state index in [1.54, 1.807) is 31.1 Å². The van der Waals surface area contributed by atoms with Gasteiger partial charge in [0.2, 0.25) is 5.96 Å². The molecule has 0 aromatic heterocycles. The Balaban J connectivity index is 1.88. The minimum Gasteiger partial charge on any atom is -0.381 e. The fraction of sp³-hybridized carbons (Fsp3) is 0.409. The van der Waals surface area contributed by atoms with Gasteiger partial charge in [-0.2, -0.15) is 0 Å². The molecule has 31 heavy (non-hydrogen) atoms. The van der Waals surface area contributed by atoms with Crippen molar-refractivity contribution in [3.05, 3.63) is 60.3 Å². The van der Waals surface area contributed by atoms with Crippen molar-refractivity contribution in [3.8, 4) is 0 Å². The molecule has 1 fully saturated rings. The second-order valence-corrected chi connectivity index (χ2v) is 9.69. The lowest BCUT2D eigenvalue weighted by molar-refractivity contribution is -0.117. The standard InChI is InChI=1S/C22H30N4O4S/c1-5-23-22(26(3)4)25-14-17(2)21(27)24-15-18-6-8-19(9-7-18)16-31(28,29)20-10-12-30-13-11-20/h5-9,14,20H,1-2,10-13,15-16H2,3-4H3,(H,24,27)/b23-22?,25-14-. The third-order valence-electron chi connectivity index (χ3n) is 4.75. The van der Waals surface area contributed by atoms with Crippen molar-refractivity contribution in [2.75, 3.05) is 27.3 Å². The number of hydrogen-bond acceptors (Lipinski definition) is 5. The summed E-state index contributed by atoms with van der Waals surface area (Å²) in [5, 5.41) is 2.43. The number of benzene rings is 1. The summed E-state index contributed by atoms with van der Waals surface area (Å²) in [5.74, 6) is 0.0554. The summed E-state index contributed by atoms with van der Waals surface area (Å²) in [6.07, 6.45) is 3.82. The molecule has 1 aliphatic rings. The molecule has 0 unspecified atom stereocenters. The first-order chi connectivity index (χ1) is 14.7. The molecule has 0 radical (unpaired) electrons. The lowest BCUT2D eigenvalue weighted by Crippen LogP contribution is -2.29. The van der Waals surface area contributed by atoms with Gasteiger partial charge in [0.15, 0.2) is 9.84 Å². The van der Waals surface area contributed by atoms with Crippen molar-refractivity contribution >= 4 is 27.9 Å². The van der Waals surface area contributed by atoms with Crippen LogP contribution in [0.3, 0.4) is 0 Å². The topological polar surface area (TPSA) is 100 Å². The van der Waals surface area contributed by atoms with E-state index in [1.807, 2.05) is 12.1 Å². The Morgan fingerprint density at radius 2 is 1.84 bits per heavy atom. The molecule has 1 heterocycles. The zero-order valence-corrected chi connectivity index (χ0v) is 18.9. The first-order valence-corrected chi connectivity index (χ1v) is 11.7. The predicted molar refractivity (Wildman–Crippen MR) is 124 cm³/mol. The predicted octanol–water partition coefficient (Wildman–Crippen LogP) is 2.08.